The van der Waals surface area contributed by atoms with Crippen LogP contribution in [-0.4, -0.2) is 30.6 Å². The number of esters is 1. The number of carbonyl (C=O) groups excluding carboxylic acids is 1. The van der Waals surface area contributed by atoms with E-state index in [9.17, 15) is 4.79 Å². The van der Waals surface area contributed by atoms with Gasteiger partial charge in [0, 0.05) is 11.5 Å². The minimum Gasteiger partial charge on any atom is -0.468 e. The summed E-state index contributed by atoms with van der Waals surface area (Å²) in [6.07, 6.45) is 11.3. The molecule has 0 rings (SSSR count). The van der Waals surface area contributed by atoms with Crippen molar-refractivity contribution in [3.63, 3.8) is 0 Å². The van der Waals surface area contributed by atoms with Crippen LogP contribution in [0.2, 0.25) is 0 Å². The van der Waals surface area contributed by atoms with E-state index >= 15 is 0 Å². The molecule has 0 spiro atoms. The maximum absolute atomic E-state index is 11.2. The molecule has 23 heavy (non-hydrogen) atoms. The van der Waals surface area contributed by atoms with E-state index in [1.165, 1.54) is 23.8 Å². The van der Waals surface area contributed by atoms with Crippen LogP contribution in [0.25, 0.3) is 0 Å². The molecule has 0 aromatic heterocycles. The minimum absolute atomic E-state index is 0.341. The second kappa shape index (κ2) is 13.4. The van der Waals surface area contributed by atoms with E-state index in [2.05, 4.69) is 50.7 Å². The summed E-state index contributed by atoms with van der Waals surface area (Å²) < 4.78 is 4.60. The Morgan fingerprint density at radius 1 is 1.04 bits per heavy atom. The molecule has 0 aromatic carbocycles. The predicted octanol–water partition coefficient (Wildman–Crippen LogP) is 4.64. The lowest BCUT2D eigenvalue weighted by Gasteiger charge is -2.07. The molecule has 3 nitrogen and oxygen atoms in total. The first-order valence-electron chi connectivity index (χ1n) is 8.22. The van der Waals surface area contributed by atoms with E-state index in [4.69, 9.17) is 5.73 Å². The van der Waals surface area contributed by atoms with Crippen molar-refractivity contribution < 1.29 is 9.53 Å². The summed E-state index contributed by atoms with van der Waals surface area (Å²) in [4.78, 5) is 11.2. The summed E-state index contributed by atoms with van der Waals surface area (Å²) in [6, 6.07) is -0.523. The number of thioether (sulfide) groups is 1. The van der Waals surface area contributed by atoms with E-state index in [-0.39, 0.29) is 5.97 Å². The van der Waals surface area contributed by atoms with Gasteiger partial charge in [0.1, 0.15) is 6.04 Å². The highest BCUT2D eigenvalue weighted by Crippen LogP contribution is 2.12. The first-order chi connectivity index (χ1) is 10.9. The van der Waals surface area contributed by atoms with Crippen molar-refractivity contribution in [3.8, 4) is 0 Å². The lowest BCUT2D eigenvalue weighted by atomic mass is 10.1. The Balaban J connectivity index is 3.90. The van der Waals surface area contributed by atoms with E-state index in [0.717, 1.165) is 31.4 Å². The fourth-order valence-corrected chi connectivity index (χ4v) is 2.88. The van der Waals surface area contributed by atoms with Crippen molar-refractivity contribution in [1.82, 2.24) is 0 Å². The zero-order valence-electron chi connectivity index (χ0n) is 15.4. The zero-order valence-corrected chi connectivity index (χ0v) is 16.2. The second-order valence-corrected chi connectivity index (χ2v) is 7.20. The summed E-state index contributed by atoms with van der Waals surface area (Å²) in [5, 5.41) is 0. The average molecular weight is 340 g/mol. The summed E-state index contributed by atoms with van der Waals surface area (Å²) in [7, 11) is 1.37. The van der Waals surface area contributed by atoms with Crippen LogP contribution < -0.4 is 5.73 Å². The van der Waals surface area contributed by atoms with Crippen molar-refractivity contribution in [2.75, 3.05) is 18.6 Å². The van der Waals surface area contributed by atoms with Crippen molar-refractivity contribution in [2.45, 2.75) is 59.4 Å². The van der Waals surface area contributed by atoms with Gasteiger partial charge in [-0.15, -0.1) is 0 Å². The van der Waals surface area contributed by atoms with E-state index in [1.807, 2.05) is 0 Å². The van der Waals surface area contributed by atoms with Gasteiger partial charge in [-0.3, -0.25) is 4.79 Å². The molecule has 132 valence electrons. The van der Waals surface area contributed by atoms with Gasteiger partial charge in [0.2, 0.25) is 0 Å². The normalized spacial score (nSPS) is 13.7. The van der Waals surface area contributed by atoms with Crippen molar-refractivity contribution in [3.05, 3.63) is 34.9 Å². The molecule has 4 heteroatoms. The molecule has 1 atom stereocenters. The smallest absolute Gasteiger partial charge is 0.323 e. The second-order valence-electron chi connectivity index (χ2n) is 6.13. The molecule has 0 saturated carbocycles. The molecular weight excluding hydrogens is 306 g/mol. The molecule has 0 aliphatic carbocycles. The topological polar surface area (TPSA) is 52.3 Å². The highest BCUT2D eigenvalue weighted by atomic mass is 32.2. The molecule has 0 bridgehead atoms. The molecule has 0 amide bonds. The molecule has 0 aromatic rings. The summed E-state index contributed by atoms with van der Waals surface area (Å²) in [5.74, 6) is 1.14. The Kier molecular flexibility index (Phi) is 12.9. The SMILES string of the molecule is COC(=O)[C@H](N)CSCC=C(C)CCC=C(C)CCC=C(C)C. The molecule has 2 N–H and O–H groups in total. The Bertz CT molecular complexity index is 435. The Morgan fingerprint density at radius 2 is 1.61 bits per heavy atom. The van der Waals surface area contributed by atoms with Crippen LogP contribution in [0, 0.1) is 0 Å². The number of rotatable bonds is 11. The predicted molar refractivity (Wildman–Crippen MR) is 103 cm³/mol. The molecule has 0 saturated heterocycles. The highest BCUT2D eigenvalue weighted by Gasteiger charge is 2.12. The third-order valence-corrected chi connectivity index (χ3v) is 4.47. The molecule has 0 aliphatic heterocycles. The summed E-state index contributed by atoms with van der Waals surface area (Å²) in [5.41, 5.74) is 9.93. The lowest BCUT2D eigenvalue weighted by molar-refractivity contribution is -0.141. The van der Waals surface area contributed by atoms with Crippen LogP contribution in [0.5, 0.6) is 0 Å². The Morgan fingerprint density at radius 3 is 2.17 bits per heavy atom. The first kappa shape index (κ1) is 22.0. The van der Waals surface area contributed by atoms with Gasteiger partial charge in [0.05, 0.1) is 7.11 Å². The van der Waals surface area contributed by atoms with Gasteiger partial charge in [0.25, 0.3) is 0 Å². The fraction of sp³-hybridized carbons (Fsp3) is 0.632. The van der Waals surface area contributed by atoms with Crippen molar-refractivity contribution >= 4 is 17.7 Å². The lowest BCUT2D eigenvalue weighted by Crippen LogP contribution is -2.33. The van der Waals surface area contributed by atoms with Gasteiger partial charge in [-0.05, 0) is 53.4 Å². The number of methoxy groups -OCH3 is 1. The van der Waals surface area contributed by atoms with Crippen LogP contribution >= 0.6 is 11.8 Å². The molecule has 0 aliphatic rings. The summed E-state index contributed by atoms with van der Waals surface area (Å²) in [6.45, 7) is 8.65. The van der Waals surface area contributed by atoms with Crippen LogP contribution in [-0.2, 0) is 9.53 Å². The van der Waals surface area contributed by atoms with Gasteiger partial charge in [-0.1, -0.05) is 34.9 Å². The van der Waals surface area contributed by atoms with Crippen LogP contribution in [0.15, 0.2) is 34.9 Å². The minimum atomic E-state index is -0.523. The van der Waals surface area contributed by atoms with E-state index in [1.54, 1.807) is 11.8 Å². The number of allylic oxidation sites excluding steroid dienone is 5. The molecule has 0 unspecified atom stereocenters. The number of hydrogen-bond acceptors (Lipinski definition) is 4. The monoisotopic (exact) mass is 339 g/mol. The largest absolute Gasteiger partial charge is 0.468 e. The van der Waals surface area contributed by atoms with Gasteiger partial charge in [-0.2, -0.15) is 11.8 Å². The van der Waals surface area contributed by atoms with Crippen molar-refractivity contribution in [1.29, 1.82) is 0 Å². The maximum atomic E-state index is 11.2. The van der Waals surface area contributed by atoms with Gasteiger partial charge < -0.3 is 10.5 Å². The van der Waals surface area contributed by atoms with Gasteiger partial charge >= 0.3 is 5.97 Å². The maximum Gasteiger partial charge on any atom is 0.323 e. The van der Waals surface area contributed by atoms with Gasteiger partial charge in [0.15, 0.2) is 0 Å². The van der Waals surface area contributed by atoms with Crippen LogP contribution in [0.4, 0.5) is 0 Å². The highest BCUT2D eigenvalue weighted by molar-refractivity contribution is 7.99. The molecule has 0 heterocycles. The quantitative estimate of drug-likeness (QED) is 0.338. The number of carbonyl (C=O) groups is 1. The first-order valence-corrected chi connectivity index (χ1v) is 9.38. The van der Waals surface area contributed by atoms with Crippen molar-refractivity contribution in [2.24, 2.45) is 5.73 Å². The molecule has 0 fully saturated rings. The van der Waals surface area contributed by atoms with E-state index in [0.29, 0.717) is 5.75 Å². The Hall–Kier alpha value is -1.00. The molecule has 0 radical (unpaired) electrons. The standard InChI is InChI=1S/C19H33NO2S/c1-15(2)8-6-9-16(3)10-7-11-17(4)12-13-23-14-18(20)19(21)22-5/h8,10,12,18H,6-7,9,11,13-14,20H2,1-5H3/t18-/m1/s1. The van der Waals surface area contributed by atoms with E-state index < -0.39 is 6.04 Å². The fourth-order valence-electron chi connectivity index (χ4n) is 1.95. The third-order valence-electron chi connectivity index (χ3n) is 3.47. The van der Waals surface area contributed by atoms with Crippen LogP contribution in [0.1, 0.15) is 53.4 Å². The number of ether oxygens (including phenoxy) is 1. The molecular formula is C19H33NO2S. The van der Waals surface area contributed by atoms with Crippen LogP contribution in [0.3, 0.4) is 0 Å². The van der Waals surface area contributed by atoms with Gasteiger partial charge in [-0.25, -0.2) is 0 Å². The third kappa shape index (κ3) is 13.2. The zero-order chi connectivity index (χ0) is 17.7. The number of nitrogens with two attached hydrogens (primary N) is 1. The number of hydrogen-bond donors (Lipinski definition) is 1. The summed E-state index contributed by atoms with van der Waals surface area (Å²) >= 11 is 1.66. The average Bonchev–Trinajstić information content (AvgIpc) is 2.50. The Labute approximate surface area is 146 Å².